The maximum absolute atomic E-state index is 13.2. The van der Waals surface area contributed by atoms with E-state index in [0.717, 1.165) is 27.6 Å². The molecule has 2 N–H and O–H groups in total. The molecule has 0 fully saturated rings. The number of ether oxygens (including phenoxy) is 1. The van der Waals surface area contributed by atoms with Crippen LogP contribution < -0.4 is 10.7 Å². The van der Waals surface area contributed by atoms with E-state index < -0.39 is 12.0 Å². The van der Waals surface area contributed by atoms with Crippen LogP contribution in [0.4, 0.5) is 9.18 Å². The van der Waals surface area contributed by atoms with E-state index in [2.05, 4.69) is 15.8 Å². The highest BCUT2D eigenvalue weighted by atomic mass is 19.1. The van der Waals surface area contributed by atoms with Gasteiger partial charge in [0.2, 0.25) is 0 Å². The van der Waals surface area contributed by atoms with Crippen LogP contribution in [0.2, 0.25) is 0 Å². The number of nitrogens with one attached hydrogen (secondary N) is 2. The second kappa shape index (κ2) is 10.9. The summed E-state index contributed by atoms with van der Waals surface area (Å²) in [5.74, 6) is -0.758. The Labute approximate surface area is 195 Å². The molecule has 1 aromatic heterocycles. The lowest BCUT2D eigenvalue weighted by Crippen LogP contribution is -2.35. The summed E-state index contributed by atoms with van der Waals surface area (Å²) >= 11 is 0. The number of halogens is 1. The molecule has 4 rings (SSSR count). The molecule has 0 aliphatic carbocycles. The van der Waals surface area contributed by atoms with Crippen LogP contribution in [0.15, 0.2) is 90.2 Å². The zero-order chi connectivity index (χ0) is 23.8. The van der Waals surface area contributed by atoms with Gasteiger partial charge in [0, 0.05) is 29.2 Å². The highest BCUT2D eigenvalue weighted by molar-refractivity contribution is 5.99. The fourth-order valence-corrected chi connectivity index (χ4v) is 3.44. The standard InChI is InChI=1S/C26H23FN4O3/c27-22-12-10-19(11-13-22)16-31-17-21(23-8-4-5-9-24(23)31)14-29-30-25(32)15-28-26(33)34-18-20-6-2-1-3-7-20/h1-14,17H,15-16,18H2,(H,28,33)(H,30,32)/b29-14+. The number of carbonyl (C=O) groups is 2. The number of benzene rings is 3. The summed E-state index contributed by atoms with van der Waals surface area (Å²) in [6, 6.07) is 23.4. The van der Waals surface area contributed by atoms with E-state index in [4.69, 9.17) is 4.74 Å². The van der Waals surface area contributed by atoms with Crippen molar-refractivity contribution < 1.29 is 18.7 Å². The number of carbonyl (C=O) groups excluding carboxylic acids is 2. The summed E-state index contributed by atoms with van der Waals surface area (Å²) in [4.78, 5) is 23.8. The third kappa shape index (κ3) is 6.07. The Kier molecular flexibility index (Phi) is 7.29. The number of nitrogens with zero attached hydrogens (tertiary/aromatic N) is 2. The molecule has 34 heavy (non-hydrogen) atoms. The van der Waals surface area contributed by atoms with Crippen molar-refractivity contribution in [2.45, 2.75) is 13.2 Å². The molecule has 0 spiro atoms. The molecular formula is C26H23FN4O3. The lowest BCUT2D eigenvalue weighted by molar-refractivity contribution is -0.120. The average Bonchev–Trinajstić information content (AvgIpc) is 3.21. The van der Waals surface area contributed by atoms with Gasteiger partial charge in [-0.25, -0.2) is 14.6 Å². The smallest absolute Gasteiger partial charge is 0.407 e. The molecule has 0 saturated carbocycles. The van der Waals surface area contributed by atoms with Gasteiger partial charge in [-0.05, 0) is 29.3 Å². The molecule has 4 aromatic rings. The van der Waals surface area contributed by atoms with E-state index in [-0.39, 0.29) is 19.0 Å². The molecule has 0 radical (unpaired) electrons. The third-order valence-corrected chi connectivity index (χ3v) is 5.08. The first kappa shape index (κ1) is 22.7. The van der Waals surface area contributed by atoms with Crippen molar-refractivity contribution in [2.75, 3.05) is 6.54 Å². The fourth-order valence-electron chi connectivity index (χ4n) is 3.44. The molecule has 7 nitrogen and oxygen atoms in total. The van der Waals surface area contributed by atoms with Crippen LogP contribution >= 0.6 is 0 Å². The number of para-hydroxylation sites is 1. The Hall–Kier alpha value is -4.46. The largest absolute Gasteiger partial charge is 0.445 e. The summed E-state index contributed by atoms with van der Waals surface area (Å²) in [5.41, 5.74) is 6.02. The Morgan fingerprint density at radius 2 is 1.68 bits per heavy atom. The first-order valence-corrected chi connectivity index (χ1v) is 10.7. The molecule has 1 heterocycles. The van der Waals surface area contributed by atoms with Gasteiger partial charge in [-0.2, -0.15) is 5.10 Å². The first-order valence-electron chi connectivity index (χ1n) is 10.7. The summed E-state index contributed by atoms with van der Waals surface area (Å²) < 4.78 is 20.3. The number of hydrogen-bond acceptors (Lipinski definition) is 4. The molecule has 0 saturated heterocycles. The Morgan fingerprint density at radius 3 is 2.47 bits per heavy atom. The monoisotopic (exact) mass is 458 g/mol. The highest BCUT2D eigenvalue weighted by Crippen LogP contribution is 2.21. The van der Waals surface area contributed by atoms with Crippen LogP contribution in [0.1, 0.15) is 16.7 Å². The summed E-state index contributed by atoms with van der Waals surface area (Å²) in [5, 5.41) is 7.37. The molecule has 2 amide bonds. The van der Waals surface area contributed by atoms with Crippen molar-refractivity contribution in [3.63, 3.8) is 0 Å². The Morgan fingerprint density at radius 1 is 0.941 bits per heavy atom. The number of fused-ring (bicyclic) bond motifs is 1. The fraction of sp³-hybridized carbons (Fsp3) is 0.115. The zero-order valence-corrected chi connectivity index (χ0v) is 18.3. The number of alkyl carbamates (subject to hydrolysis) is 1. The van der Waals surface area contributed by atoms with Gasteiger partial charge in [0.05, 0.1) is 6.21 Å². The quantitative estimate of drug-likeness (QED) is 0.307. The Balaban J connectivity index is 1.32. The van der Waals surface area contributed by atoms with Crippen molar-refractivity contribution in [1.29, 1.82) is 0 Å². The van der Waals surface area contributed by atoms with Gasteiger partial charge < -0.3 is 14.6 Å². The number of hydrazone groups is 1. The second-order valence-electron chi connectivity index (χ2n) is 7.56. The van der Waals surface area contributed by atoms with Crippen molar-refractivity contribution in [2.24, 2.45) is 5.10 Å². The van der Waals surface area contributed by atoms with Gasteiger partial charge >= 0.3 is 6.09 Å². The summed E-state index contributed by atoms with van der Waals surface area (Å²) in [7, 11) is 0. The Bertz CT molecular complexity index is 1300. The van der Waals surface area contributed by atoms with E-state index in [1.807, 2.05) is 65.4 Å². The normalized spacial score (nSPS) is 11.0. The zero-order valence-electron chi connectivity index (χ0n) is 18.3. The predicted octanol–water partition coefficient (Wildman–Crippen LogP) is 4.21. The number of aromatic nitrogens is 1. The average molecular weight is 458 g/mol. The van der Waals surface area contributed by atoms with Gasteiger partial charge in [0.1, 0.15) is 19.0 Å². The van der Waals surface area contributed by atoms with E-state index in [1.54, 1.807) is 18.3 Å². The number of hydrogen-bond donors (Lipinski definition) is 2. The minimum atomic E-state index is -0.688. The van der Waals surface area contributed by atoms with E-state index in [9.17, 15) is 14.0 Å². The lowest BCUT2D eigenvalue weighted by atomic mass is 10.2. The molecule has 0 bridgehead atoms. The van der Waals surface area contributed by atoms with Crippen LogP contribution in [0, 0.1) is 5.82 Å². The van der Waals surface area contributed by atoms with Crippen molar-refractivity contribution in [1.82, 2.24) is 15.3 Å². The summed E-state index contributed by atoms with van der Waals surface area (Å²) in [6.45, 7) is 0.418. The molecule has 0 atom stereocenters. The SMILES string of the molecule is O=C(CNC(=O)OCc1ccccc1)N/N=C/c1cn(Cc2ccc(F)cc2)c2ccccc12. The van der Waals surface area contributed by atoms with Crippen LogP contribution in [0.5, 0.6) is 0 Å². The van der Waals surface area contributed by atoms with Crippen molar-refractivity contribution in [3.8, 4) is 0 Å². The maximum Gasteiger partial charge on any atom is 0.407 e. The second-order valence-corrected chi connectivity index (χ2v) is 7.56. The van der Waals surface area contributed by atoms with Crippen molar-refractivity contribution in [3.05, 3.63) is 108 Å². The van der Waals surface area contributed by atoms with Crippen LogP contribution in [-0.4, -0.2) is 29.3 Å². The summed E-state index contributed by atoms with van der Waals surface area (Å²) in [6.07, 6.45) is 2.78. The lowest BCUT2D eigenvalue weighted by Gasteiger charge is -2.06. The molecule has 0 aliphatic rings. The van der Waals surface area contributed by atoms with Gasteiger partial charge in [-0.3, -0.25) is 4.79 Å². The van der Waals surface area contributed by atoms with E-state index in [0.29, 0.717) is 6.54 Å². The number of amides is 2. The minimum absolute atomic E-state index is 0.119. The van der Waals surface area contributed by atoms with Crippen LogP contribution in [0.3, 0.4) is 0 Å². The van der Waals surface area contributed by atoms with Gasteiger partial charge in [-0.15, -0.1) is 0 Å². The van der Waals surface area contributed by atoms with E-state index >= 15 is 0 Å². The van der Waals surface area contributed by atoms with Gasteiger partial charge in [-0.1, -0.05) is 60.7 Å². The molecular weight excluding hydrogens is 435 g/mol. The first-order chi connectivity index (χ1) is 16.6. The van der Waals surface area contributed by atoms with Gasteiger partial charge in [0.15, 0.2) is 0 Å². The molecule has 8 heteroatoms. The highest BCUT2D eigenvalue weighted by Gasteiger charge is 2.09. The van der Waals surface area contributed by atoms with Crippen molar-refractivity contribution >= 4 is 29.1 Å². The maximum atomic E-state index is 13.2. The molecule has 0 unspecified atom stereocenters. The molecule has 3 aromatic carbocycles. The van der Waals surface area contributed by atoms with Gasteiger partial charge in [0.25, 0.3) is 5.91 Å². The third-order valence-electron chi connectivity index (χ3n) is 5.08. The minimum Gasteiger partial charge on any atom is -0.445 e. The molecule has 172 valence electrons. The molecule has 0 aliphatic heterocycles. The van der Waals surface area contributed by atoms with Crippen LogP contribution in [-0.2, 0) is 22.7 Å². The number of rotatable bonds is 8. The topological polar surface area (TPSA) is 84.7 Å². The van der Waals surface area contributed by atoms with E-state index in [1.165, 1.54) is 12.1 Å². The predicted molar refractivity (Wildman–Crippen MR) is 128 cm³/mol. The van der Waals surface area contributed by atoms with Crippen LogP contribution in [0.25, 0.3) is 10.9 Å².